The molecule has 2 aliphatic carbocycles. The first kappa shape index (κ1) is 18.6. The summed E-state index contributed by atoms with van der Waals surface area (Å²) in [6, 6.07) is 14.2. The van der Waals surface area contributed by atoms with Gasteiger partial charge in [0.15, 0.2) is 0 Å². The first-order valence-corrected chi connectivity index (χ1v) is 12.9. The topological polar surface area (TPSA) is 0 Å². The van der Waals surface area contributed by atoms with Crippen LogP contribution in [0.15, 0.2) is 47.2 Å². The van der Waals surface area contributed by atoms with Gasteiger partial charge in [-0.25, -0.2) is 0 Å². The fourth-order valence-electron chi connectivity index (χ4n) is 5.10. The number of hydrogen-bond acceptors (Lipinski definition) is 2. The third-order valence-electron chi connectivity index (χ3n) is 6.85. The van der Waals surface area contributed by atoms with Crippen LogP contribution in [0.4, 0.5) is 0 Å². The Morgan fingerprint density at radius 3 is 1.32 bits per heavy atom. The molecule has 0 radical (unpaired) electrons. The highest BCUT2D eigenvalue weighted by molar-refractivity contribution is 7.14. The quantitative estimate of drug-likeness (QED) is 0.405. The van der Waals surface area contributed by atoms with E-state index >= 15 is 0 Å². The van der Waals surface area contributed by atoms with E-state index in [2.05, 4.69) is 47.2 Å². The SMILES string of the molecule is c1cc(-c2cc(C3CCCCC3)cs2)ccc1-c1cc(C2CCCCC2)cs1. The maximum atomic E-state index is 2.46. The van der Waals surface area contributed by atoms with Crippen molar-refractivity contribution in [3.05, 3.63) is 58.3 Å². The molecule has 0 bridgehead atoms. The van der Waals surface area contributed by atoms with Crippen molar-refractivity contribution in [2.75, 3.05) is 0 Å². The molecule has 0 atom stereocenters. The predicted octanol–water partition coefficient (Wildman–Crippen LogP) is 9.24. The molecule has 2 saturated carbocycles. The van der Waals surface area contributed by atoms with E-state index in [0.717, 1.165) is 11.8 Å². The number of rotatable bonds is 4. The molecule has 2 heterocycles. The molecule has 0 amide bonds. The Hall–Kier alpha value is -1.38. The van der Waals surface area contributed by atoms with Gasteiger partial charge in [-0.2, -0.15) is 0 Å². The van der Waals surface area contributed by atoms with Crippen molar-refractivity contribution in [3.8, 4) is 20.9 Å². The lowest BCUT2D eigenvalue weighted by Crippen LogP contribution is -2.02. The van der Waals surface area contributed by atoms with Crippen LogP contribution in [-0.2, 0) is 0 Å². The van der Waals surface area contributed by atoms with Crippen LogP contribution in [0.25, 0.3) is 20.9 Å². The third-order valence-corrected chi connectivity index (χ3v) is 8.84. The number of benzene rings is 1. The average molecular weight is 407 g/mol. The summed E-state index contributed by atoms with van der Waals surface area (Å²) in [4.78, 5) is 2.86. The van der Waals surface area contributed by atoms with Crippen LogP contribution in [0.5, 0.6) is 0 Å². The van der Waals surface area contributed by atoms with Crippen molar-refractivity contribution in [1.29, 1.82) is 0 Å². The Labute approximate surface area is 177 Å². The smallest absolute Gasteiger partial charge is 0.0345 e. The standard InChI is InChI=1S/C26H30S2/c1-3-7-19(8-4-1)23-15-25(27-17-23)21-11-13-22(14-12-21)26-16-24(18-28-26)20-9-5-2-6-10-20/h11-20H,1-10H2. The number of thiophene rings is 2. The van der Waals surface area contributed by atoms with Crippen LogP contribution >= 0.6 is 22.7 Å². The van der Waals surface area contributed by atoms with Crippen LogP contribution < -0.4 is 0 Å². The summed E-state index contributed by atoms with van der Waals surface area (Å²) >= 11 is 3.85. The van der Waals surface area contributed by atoms with E-state index in [1.54, 1.807) is 11.1 Å². The second-order valence-electron chi connectivity index (χ2n) is 8.74. The van der Waals surface area contributed by atoms with E-state index in [-0.39, 0.29) is 0 Å². The molecule has 5 rings (SSSR count). The zero-order chi connectivity index (χ0) is 18.8. The van der Waals surface area contributed by atoms with Gasteiger partial charge < -0.3 is 0 Å². The third kappa shape index (κ3) is 4.00. The van der Waals surface area contributed by atoms with E-state index in [9.17, 15) is 0 Å². The molecule has 2 heteroatoms. The minimum Gasteiger partial charge on any atom is -0.144 e. The normalized spacial score (nSPS) is 19.1. The van der Waals surface area contributed by atoms with Crippen molar-refractivity contribution in [2.45, 2.75) is 76.0 Å². The van der Waals surface area contributed by atoms with E-state index in [1.807, 2.05) is 22.7 Å². The molecule has 2 aromatic heterocycles. The van der Waals surface area contributed by atoms with Gasteiger partial charge in [-0.3, -0.25) is 0 Å². The molecule has 2 fully saturated rings. The molecule has 0 spiro atoms. The Morgan fingerprint density at radius 1 is 0.536 bits per heavy atom. The Kier molecular flexibility index (Phi) is 5.69. The maximum absolute atomic E-state index is 2.46. The largest absolute Gasteiger partial charge is 0.144 e. The van der Waals surface area contributed by atoms with E-state index in [0.29, 0.717) is 0 Å². The van der Waals surface area contributed by atoms with Gasteiger partial charge in [0.05, 0.1) is 0 Å². The van der Waals surface area contributed by atoms with Crippen molar-refractivity contribution in [2.24, 2.45) is 0 Å². The van der Waals surface area contributed by atoms with Crippen LogP contribution in [0, 0.1) is 0 Å². The van der Waals surface area contributed by atoms with Crippen molar-refractivity contribution < 1.29 is 0 Å². The molecule has 1 aromatic carbocycles. The maximum Gasteiger partial charge on any atom is 0.0345 e. The first-order chi connectivity index (χ1) is 13.9. The van der Waals surface area contributed by atoms with Gasteiger partial charge >= 0.3 is 0 Å². The van der Waals surface area contributed by atoms with E-state index in [4.69, 9.17) is 0 Å². The lowest BCUT2D eigenvalue weighted by Gasteiger charge is -2.20. The lowest BCUT2D eigenvalue weighted by atomic mass is 9.85. The molecule has 3 aromatic rings. The molecule has 28 heavy (non-hydrogen) atoms. The van der Waals surface area contributed by atoms with Crippen molar-refractivity contribution in [3.63, 3.8) is 0 Å². The zero-order valence-electron chi connectivity index (χ0n) is 16.7. The van der Waals surface area contributed by atoms with Gasteiger partial charge in [0.2, 0.25) is 0 Å². The van der Waals surface area contributed by atoms with E-state index < -0.39 is 0 Å². The molecule has 2 aliphatic rings. The summed E-state index contributed by atoms with van der Waals surface area (Å²) in [5.74, 6) is 1.62. The summed E-state index contributed by atoms with van der Waals surface area (Å²) in [5.41, 5.74) is 5.91. The minimum absolute atomic E-state index is 0.808. The first-order valence-electron chi connectivity index (χ1n) is 11.1. The molecule has 0 N–H and O–H groups in total. The highest BCUT2D eigenvalue weighted by Crippen LogP contribution is 2.40. The van der Waals surface area contributed by atoms with Gasteiger partial charge in [0, 0.05) is 9.75 Å². The molecule has 146 valence electrons. The summed E-state index contributed by atoms with van der Waals surface area (Å²) in [7, 11) is 0. The van der Waals surface area contributed by atoms with Gasteiger partial charge in [-0.1, -0.05) is 62.8 Å². The molecule has 0 saturated heterocycles. The van der Waals surface area contributed by atoms with Crippen LogP contribution in [0.3, 0.4) is 0 Å². The summed E-state index contributed by atoms with van der Waals surface area (Å²) in [6.45, 7) is 0. The Balaban J connectivity index is 1.31. The fraction of sp³-hybridized carbons (Fsp3) is 0.462. The molecular weight excluding hydrogens is 376 g/mol. The molecule has 0 aliphatic heterocycles. The summed E-state index contributed by atoms with van der Waals surface area (Å²) in [5, 5.41) is 4.82. The average Bonchev–Trinajstić information content (AvgIpc) is 3.46. The van der Waals surface area contributed by atoms with Gasteiger partial charge in [-0.15, -0.1) is 22.7 Å². The van der Waals surface area contributed by atoms with Gasteiger partial charge in [-0.05, 0) is 82.7 Å². The molecule has 0 nitrogen and oxygen atoms in total. The highest BCUT2D eigenvalue weighted by Gasteiger charge is 2.18. The fourth-order valence-corrected chi connectivity index (χ4v) is 7.10. The van der Waals surface area contributed by atoms with E-state index in [1.165, 1.54) is 85.1 Å². The van der Waals surface area contributed by atoms with Crippen LogP contribution in [0.2, 0.25) is 0 Å². The van der Waals surface area contributed by atoms with Crippen molar-refractivity contribution in [1.82, 2.24) is 0 Å². The second-order valence-corrected chi connectivity index (χ2v) is 10.6. The Morgan fingerprint density at radius 2 is 0.929 bits per heavy atom. The molecule has 0 unspecified atom stereocenters. The second kappa shape index (κ2) is 8.55. The summed E-state index contributed by atoms with van der Waals surface area (Å²) in [6.07, 6.45) is 14.0. The zero-order valence-corrected chi connectivity index (χ0v) is 18.3. The Bertz CT molecular complexity index is 811. The monoisotopic (exact) mass is 406 g/mol. The van der Waals surface area contributed by atoms with Gasteiger partial charge in [0.25, 0.3) is 0 Å². The highest BCUT2D eigenvalue weighted by atomic mass is 32.1. The summed E-state index contributed by atoms with van der Waals surface area (Å²) < 4.78 is 0. The minimum atomic E-state index is 0.808. The van der Waals surface area contributed by atoms with Gasteiger partial charge in [0.1, 0.15) is 0 Å². The van der Waals surface area contributed by atoms with Crippen LogP contribution in [-0.4, -0.2) is 0 Å². The lowest BCUT2D eigenvalue weighted by molar-refractivity contribution is 0.444. The van der Waals surface area contributed by atoms with Crippen molar-refractivity contribution >= 4 is 22.7 Å². The van der Waals surface area contributed by atoms with Crippen LogP contribution in [0.1, 0.15) is 87.2 Å². The molecular formula is C26H30S2. The predicted molar refractivity (Wildman–Crippen MR) is 125 cm³/mol. The number of hydrogen-bond donors (Lipinski definition) is 0.